The number of carbonyl (C=O) groups is 1. The molecule has 0 aliphatic carbocycles. The number of halogens is 1. The van der Waals surface area contributed by atoms with Crippen LogP contribution in [0.2, 0.25) is 0 Å². The molecule has 0 fully saturated rings. The minimum atomic E-state index is -0.700. The van der Waals surface area contributed by atoms with Gasteiger partial charge >= 0.3 is 0 Å². The quantitative estimate of drug-likeness (QED) is 0.876. The number of aromatic nitrogens is 1. The molecule has 0 unspecified atom stereocenters. The number of aryl methyl sites for hydroxylation is 1. The number of primary amides is 1. The van der Waals surface area contributed by atoms with E-state index in [2.05, 4.69) is 5.32 Å². The van der Waals surface area contributed by atoms with Crippen molar-refractivity contribution in [3.8, 4) is 0 Å². The lowest BCUT2D eigenvalue weighted by Gasteiger charge is -2.11. The van der Waals surface area contributed by atoms with E-state index in [1.54, 1.807) is 12.1 Å². The second-order valence-corrected chi connectivity index (χ2v) is 4.02. The third kappa shape index (κ3) is 2.62. The number of nitrogens with two attached hydrogens (primary N) is 1. The first-order valence-corrected chi connectivity index (χ1v) is 5.51. The molecule has 6 heteroatoms. The Kier molecular flexibility index (Phi) is 3.33. The minimum absolute atomic E-state index is 0.116. The summed E-state index contributed by atoms with van der Waals surface area (Å²) in [6.07, 6.45) is 1.31. The van der Waals surface area contributed by atoms with Crippen molar-refractivity contribution in [3.05, 3.63) is 58.3 Å². The van der Waals surface area contributed by atoms with Crippen LogP contribution in [0.3, 0.4) is 0 Å². The lowest BCUT2D eigenvalue weighted by atomic mass is 10.2. The molecular weight excluding hydrogens is 249 g/mol. The molecule has 98 valence electrons. The molecule has 5 nitrogen and oxygen atoms in total. The van der Waals surface area contributed by atoms with Gasteiger partial charge in [0.2, 0.25) is 0 Å². The second-order valence-electron chi connectivity index (χ2n) is 4.02. The number of benzene rings is 1. The Morgan fingerprint density at radius 3 is 2.63 bits per heavy atom. The number of para-hydroxylation sites is 1. The number of nitrogens with zero attached hydrogens (tertiary/aromatic N) is 1. The normalized spacial score (nSPS) is 10.2. The monoisotopic (exact) mass is 261 g/mol. The van der Waals surface area contributed by atoms with Crippen molar-refractivity contribution in [3.63, 3.8) is 0 Å². The Morgan fingerprint density at radius 1 is 1.32 bits per heavy atom. The van der Waals surface area contributed by atoms with Gasteiger partial charge in [0.15, 0.2) is 0 Å². The zero-order chi connectivity index (χ0) is 14.0. The summed E-state index contributed by atoms with van der Waals surface area (Å²) in [5.74, 6) is -1.19. The predicted molar refractivity (Wildman–Crippen MR) is 69.9 cm³/mol. The first-order valence-electron chi connectivity index (χ1n) is 5.51. The van der Waals surface area contributed by atoms with E-state index in [-0.39, 0.29) is 22.5 Å². The molecule has 1 aromatic heterocycles. The summed E-state index contributed by atoms with van der Waals surface area (Å²) < 4.78 is 14.8. The fraction of sp³-hybridized carbons (Fsp3) is 0.0769. The summed E-state index contributed by atoms with van der Waals surface area (Å²) in [4.78, 5) is 22.9. The van der Waals surface area contributed by atoms with Crippen LogP contribution in [-0.2, 0) is 7.05 Å². The van der Waals surface area contributed by atoms with Gasteiger partial charge < -0.3 is 15.6 Å². The molecule has 0 atom stereocenters. The minimum Gasteiger partial charge on any atom is -0.365 e. The largest absolute Gasteiger partial charge is 0.365 e. The third-order valence-corrected chi connectivity index (χ3v) is 2.64. The predicted octanol–water partition coefficient (Wildman–Crippen LogP) is 1.37. The maximum absolute atomic E-state index is 13.5. The molecule has 2 aromatic rings. The molecule has 0 saturated carbocycles. The fourth-order valence-corrected chi connectivity index (χ4v) is 1.64. The lowest BCUT2D eigenvalue weighted by molar-refractivity contribution is 0.100. The van der Waals surface area contributed by atoms with E-state index >= 15 is 0 Å². The van der Waals surface area contributed by atoms with Gasteiger partial charge in [0, 0.05) is 19.3 Å². The lowest BCUT2D eigenvalue weighted by Crippen LogP contribution is -2.22. The molecule has 0 radical (unpaired) electrons. The smallest absolute Gasteiger partial charge is 0.252 e. The highest BCUT2D eigenvalue weighted by atomic mass is 19.1. The van der Waals surface area contributed by atoms with Gasteiger partial charge in [-0.15, -0.1) is 0 Å². The summed E-state index contributed by atoms with van der Waals surface area (Å²) in [6, 6.07) is 7.15. The maximum Gasteiger partial charge on any atom is 0.252 e. The van der Waals surface area contributed by atoms with Gasteiger partial charge in [0.1, 0.15) is 5.82 Å². The SMILES string of the molecule is Cn1cc(C(N)=O)c(Nc2ccccc2F)cc1=O. The molecule has 0 bridgehead atoms. The van der Waals surface area contributed by atoms with Gasteiger partial charge in [0.25, 0.3) is 11.5 Å². The number of nitrogens with one attached hydrogen (secondary N) is 1. The zero-order valence-corrected chi connectivity index (χ0v) is 10.2. The molecule has 1 aromatic carbocycles. The summed E-state index contributed by atoms with van der Waals surface area (Å²) in [5, 5.41) is 2.70. The molecule has 3 N–H and O–H groups in total. The van der Waals surface area contributed by atoms with Gasteiger partial charge in [-0.05, 0) is 12.1 Å². The van der Waals surface area contributed by atoms with Crippen molar-refractivity contribution in [2.45, 2.75) is 0 Å². The topological polar surface area (TPSA) is 77.1 Å². The van der Waals surface area contributed by atoms with Crippen LogP contribution < -0.4 is 16.6 Å². The van der Waals surface area contributed by atoms with Crippen molar-refractivity contribution in [2.75, 3.05) is 5.32 Å². The Balaban J connectivity index is 2.51. The first-order chi connectivity index (χ1) is 8.99. The highest BCUT2D eigenvalue weighted by Crippen LogP contribution is 2.21. The Hall–Kier alpha value is -2.63. The molecule has 0 spiro atoms. The van der Waals surface area contributed by atoms with Crippen molar-refractivity contribution in [1.82, 2.24) is 4.57 Å². The van der Waals surface area contributed by atoms with E-state index in [0.717, 1.165) is 0 Å². The van der Waals surface area contributed by atoms with E-state index < -0.39 is 11.7 Å². The van der Waals surface area contributed by atoms with E-state index in [0.29, 0.717) is 0 Å². The van der Waals surface area contributed by atoms with Crippen LogP contribution in [0.4, 0.5) is 15.8 Å². The van der Waals surface area contributed by atoms with Crippen LogP contribution in [-0.4, -0.2) is 10.5 Å². The second kappa shape index (κ2) is 4.93. The molecular formula is C13H12FN3O2. The molecule has 0 aliphatic heterocycles. The van der Waals surface area contributed by atoms with E-state index in [4.69, 9.17) is 5.73 Å². The molecule has 1 heterocycles. The Bertz CT molecular complexity index is 695. The average molecular weight is 261 g/mol. The number of rotatable bonds is 3. The number of amides is 1. The van der Waals surface area contributed by atoms with Crippen LogP contribution in [0, 0.1) is 5.82 Å². The van der Waals surface area contributed by atoms with Gasteiger partial charge in [-0.1, -0.05) is 12.1 Å². The van der Waals surface area contributed by atoms with Crippen molar-refractivity contribution in [2.24, 2.45) is 12.8 Å². The van der Waals surface area contributed by atoms with Gasteiger partial charge in [-0.25, -0.2) is 4.39 Å². The summed E-state index contributed by atoms with van der Waals surface area (Å²) in [5.41, 5.74) is 5.37. The summed E-state index contributed by atoms with van der Waals surface area (Å²) in [6.45, 7) is 0. The molecule has 1 amide bonds. The molecule has 0 saturated heterocycles. The van der Waals surface area contributed by atoms with E-state index in [9.17, 15) is 14.0 Å². The summed E-state index contributed by atoms with van der Waals surface area (Å²) >= 11 is 0. The van der Waals surface area contributed by atoms with Gasteiger partial charge in [0.05, 0.1) is 16.9 Å². The van der Waals surface area contributed by atoms with Crippen LogP contribution in [0.1, 0.15) is 10.4 Å². The average Bonchev–Trinajstić information content (AvgIpc) is 2.36. The maximum atomic E-state index is 13.5. The number of hydrogen-bond acceptors (Lipinski definition) is 3. The highest BCUT2D eigenvalue weighted by molar-refractivity contribution is 5.98. The Labute approximate surface area is 108 Å². The third-order valence-electron chi connectivity index (χ3n) is 2.64. The van der Waals surface area contributed by atoms with Crippen molar-refractivity contribution in [1.29, 1.82) is 0 Å². The molecule has 0 aliphatic rings. The van der Waals surface area contributed by atoms with Crippen LogP contribution in [0.5, 0.6) is 0 Å². The van der Waals surface area contributed by atoms with Gasteiger partial charge in [-0.3, -0.25) is 9.59 Å². The van der Waals surface area contributed by atoms with Gasteiger partial charge in [-0.2, -0.15) is 0 Å². The number of carbonyl (C=O) groups excluding carboxylic acids is 1. The molecule has 19 heavy (non-hydrogen) atoms. The highest BCUT2D eigenvalue weighted by Gasteiger charge is 2.12. The summed E-state index contributed by atoms with van der Waals surface area (Å²) in [7, 11) is 1.50. The van der Waals surface area contributed by atoms with Crippen LogP contribution in [0.15, 0.2) is 41.3 Å². The van der Waals surface area contributed by atoms with Crippen molar-refractivity contribution >= 4 is 17.3 Å². The fourth-order valence-electron chi connectivity index (χ4n) is 1.64. The number of hydrogen-bond donors (Lipinski definition) is 2. The molecule has 2 rings (SSSR count). The zero-order valence-electron chi connectivity index (χ0n) is 10.2. The van der Waals surface area contributed by atoms with E-state index in [1.807, 2.05) is 0 Å². The Morgan fingerprint density at radius 2 is 2.00 bits per heavy atom. The van der Waals surface area contributed by atoms with Crippen LogP contribution in [0.25, 0.3) is 0 Å². The first kappa shape index (κ1) is 12.8. The van der Waals surface area contributed by atoms with E-state index in [1.165, 1.54) is 36.0 Å². The standard InChI is InChI=1S/C13H12FN3O2/c1-17-7-8(13(15)19)11(6-12(17)18)16-10-5-3-2-4-9(10)14/h2-7,16H,1H3,(H2,15,19). The number of pyridine rings is 1. The number of anilines is 2. The van der Waals surface area contributed by atoms with Crippen molar-refractivity contribution < 1.29 is 9.18 Å². The van der Waals surface area contributed by atoms with Crippen LogP contribution >= 0.6 is 0 Å².